The van der Waals surface area contributed by atoms with Crippen molar-refractivity contribution in [1.29, 1.82) is 0 Å². The average Bonchev–Trinajstić information content (AvgIpc) is 1.99. The number of hydrogen-bond acceptors (Lipinski definition) is 4. The van der Waals surface area contributed by atoms with E-state index in [9.17, 15) is 0 Å². The molecule has 0 saturated heterocycles. The number of nitrogens with zero attached hydrogens (tertiary/aromatic N) is 3. The Labute approximate surface area is 103 Å². The molecule has 1 aromatic heterocycles. The van der Waals surface area contributed by atoms with E-state index in [-0.39, 0.29) is 11.8 Å². The van der Waals surface area contributed by atoms with E-state index >= 15 is 0 Å². The predicted octanol–water partition coefficient (Wildman–Crippen LogP) is 2.48. The van der Waals surface area contributed by atoms with E-state index in [1.54, 1.807) is 0 Å². The van der Waals surface area contributed by atoms with Crippen molar-refractivity contribution in [2.24, 2.45) is 5.92 Å². The topological polar surface area (TPSA) is 64.7 Å². The Morgan fingerprint density at radius 2 is 1.80 bits per heavy atom. The first-order valence-corrected chi connectivity index (χ1v) is 5.50. The molecule has 0 unspecified atom stereocenters. The minimum atomic E-state index is -1.66. The normalized spacial score (nSPS) is 12.1. The lowest BCUT2D eigenvalue weighted by Gasteiger charge is -2.11. The van der Waals surface area contributed by atoms with Crippen LogP contribution in [0, 0.1) is 5.92 Å². The van der Waals surface area contributed by atoms with Crippen molar-refractivity contribution in [3.8, 4) is 0 Å². The summed E-state index contributed by atoms with van der Waals surface area (Å²) in [7, 11) is 0. The molecule has 1 rings (SSSR count). The standard InChI is InChI=1S/C8H11Cl3N4/c1-4(2)3-5-13-6(8(9,10)11)15-7(12)14-5/h4H,3H2,1-2H3,(H2,12,13,14,15). The van der Waals surface area contributed by atoms with E-state index in [2.05, 4.69) is 15.0 Å². The lowest BCUT2D eigenvalue weighted by Crippen LogP contribution is -2.14. The molecule has 0 atom stereocenters. The van der Waals surface area contributed by atoms with Crippen LogP contribution in [0.2, 0.25) is 0 Å². The number of halogens is 3. The maximum atomic E-state index is 5.66. The molecular weight excluding hydrogens is 258 g/mol. The number of rotatable bonds is 2. The third-order valence-electron chi connectivity index (χ3n) is 1.54. The summed E-state index contributed by atoms with van der Waals surface area (Å²) in [5, 5.41) is 0. The Morgan fingerprint density at radius 3 is 2.27 bits per heavy atom. The molecule has 4 nitrogen and oxygen atoms in total. The highest BCUT2D eigenvalue weighted by Gasteiger charge is 2.27. The predicted molar refractivity (Wildman–Crippen MR) is 62.0 cm³/mol. The van der Waals surface area contributed by atoms with Crippen LogP contribution < -0.4 is 5.73 Å². The molecule has 0 saturated carbocycles. The van der Waals surface area contributed by atoms with Crippen molar-refractivity contribution in [2.45, 2.75) is 24.1 Å². The van der Waals surface area contributed by atoms with Gasteiger partial charge in [-0.15, -0.1) is 0 Å². The van der Waals surface area contributed by atoms with Crippen LogP contribution in [0.3, 0.4) is 0 Å². The molecule has 7 heteroatoms. The lowest BCUT2D eigenvalue weighted by atomic mass is 10.1. The molecule has 0 aliphatic rings. The molecule has 0 bridgehead atoms. The van der Waals surface area contributed by atoms with Crippen molar-refractivity contribution < 1.29 is 0 Å². The average molecular weight is 270 g/mol. The number of nitrogen functional groups attached to an aromatic ring is 1. The highest BCUT2D eigenvalue weighted by atomic mass is 35.6. The molecule has 15 heavy (non-hydrogen) atoms. The first kappa shape index (κ1) is 12.7. The van der Waals surface area contributed by atoms with Gasteiger partial charge >= 0.3 is 0 Å². The SMILES string of the molecule is CC(C)Cc1nc(N)nc(C(Cl)(Cl)Cl)n1. The highest BCUT2D eigenvalue weighted by molar-refractivity contribution is 6.66. The van der Waals surface area contributed by atoms with Crippen molar-refractivity contribution in [1.82, 2.24) is 15.0 Å². The molecule has 2 N–H and O–H groups in total. The van der Waals surface area contributed by atoms with Gasteiger partial charge in [0.15, 0.2) is 5.82 Å². The van der Waals surface area contributed by atoms with Gasteiger partial charge in [0, 0.05) is 6.42 Å². The second-order valence-corrected chi connectivity index (χ2v) is 5.81. The number of alkyl halides is 3. The van der Waals surface area contributed by atoms with Gasteiger partial charge in [-0.25, -0.2) is 4.98 Å². The van der Waals surface area contributed by atoms with Gasteiger partial charge in [0.05, 0.1) is 0 Å². The molecular formula is C8H11Cl3N4. The third-order valence-corrected chi connectivity index (χ3v) is 2.05. The summed E-state index contributed by atoms with van der Waals surface area (Å²) in [6.07, 6.45) is 0.667. The largest absolute Gasteiger partial charge is 0.368 e. The van der Waals surface area contributed by atoms with E-state index in [1.807, 2.05) is 13.8 Å². The minimum Gasteiger partial charge on any atom is -0.368 e. The van der Waals surface area contributed by atoms with Gasteiger partial charge in [0.2, 0.25) is 9.74 Å². The smallest absolute Gasteiger partial charge is 0.250 e. The maximum Gasteiger partial charge on any atom is 0.250 e. The van der Waals surface area contributed by atoms with Gasteiger partial charge in [-0.2, -0.15) is 9.97 Å². The fourth-order valence-corrected chi connectivity index (χ4v) is 1.27. The molecule has 0 fully saturated rings. The van der Waals surface area contributed by atoms with Crippen LogP contribution in [0.15, 0.2) is 0 Å². The maximum absolute atomic E-state index is 5.66. The highest BCUT2D eigenvalue weighted by Crippen LogP contribution is 2.35. The summed E-state index contributed by atoms with van der Waals surface area (Å²) in [5.41, 5.74) is 5.49. The summed E-state index contributed by atoms with van der Waals surface area (Å²) < 4.78 is -1.66. The Kier molecular flexibility index (Phi) is 3.98. The monoisotopic (exact) mass is 268 g/mol. The first-order valence-electron chi connectivity index (χ1n) is 4.36. The molecule has 0 aliphatic carbocycles. The summed E-state index contributed by atoms with van der Waals surface area (Å²) in [5.74, 6) is 1.08. The molecule has 0 amide bonds. The molecule has 0 aliphatic heterocycles. The third kappa shape index (κ3) is 3.97. The van der Waals surface area contributed by atoms with Crippen LogP contribution in [-0.2, 0) is 10.2 Å². The fourth-order valence-electron chi connectivity index (χ4n) is 1.02. The van der Waals surface area contributed by atoms with Crippen molar-refractivity contribution in [3.05, 3.63) is 11.6 Å². The van der Waals surface area contributed by atoms with Crippen LogP contribution in [-0.4, -0.2) is 15.0 Å². The van der Waals surface area contributed by atoms with Gasteiger partial charge in [-0.05, 0) is 5.92 Å². The quantitative estimate of drug-likeness (QED) is 0.838. The number of anilines is 1. The lowest BCUT2D eigenvalue weighted by molar-refractivity contribution is 0.614. The van der Waals surface area contributed by atoms with Crippen molar-refractivity contribution >= 4 is 40.8 Å². The van der Waals surface area contributed by atoms with E-state index in [0.717, 1.165) is 0 Å². The zero-order chi connectivity index (χ0) is 11.6. The second kappa shape index (κ2) is 4.68. The summed E-state index contributed by atoms with van der Waals surface area (Å²) in [6, 6.07) is 0. The van der Waals surface area contributed by atoms with E-state index in [4.69, 9.17) is 40.5 Å². The van der Waals surface area contributed by atoms with Crippen molar-refractivity contribution in [3.63, 3.8) is 0 Å². The number of nitrogens with two attached hydrogens (primary N) is 1. The van der Waals surface area contributed by atoms with Crippen LogP contribution in [0.1, 0.15) is 25.5 Å². The molecule has 0 aromatic carbocycles. The molecule has 84 valence electrons. The molecule has 1 heterocycles. The fraction of sp³-hybridized carbons (Fsp3) is 0.625. The zero-order valence-electron chi connectivity index (χ0n) is 8.34. The van der Waals surface area contributed by atoms with E-state index < -0.39 is 3.79 Å². The molecule has 0 radical (unpaired) electrons. The van der Waals surface area contributed by atoms with Crippen LogP contribution >= 0.6 is 34.8 Å². The van der Waals surface area contributed by atoms with Crippen molar-refractivity contribution in [2.75, 3.05) is 5.73 Å². The zero-order valence-corrected chi connectivity index (χ0v) is 10.6. The molecule has 1 aromatic rings. The van der Waals surface area contributed by atoms with Gasteiger partial charge in [-0.3, -0.25) is 0 Å². The summed E-state index contributed by atoms with van der Waals surface area (Å²) in [4.78, 5) is 11.8. The Bertz CT molecular complexity index is 348. The number of aromatic nitrogens is 3. The van der Waals surface area contributed by atoms with Crippen LogP contribution in [0.4, 0.5) is 5.95 Å². The first-order chi connectivity index (χ1) is 6.79. The van der Waals surface area contributed by atoms with E-state index in [0.29, 0.717) is 18.2 Å². The Morgan fingerprint density at radius 1 is 1.20 bits per heavy atom. The minimum absolute atomic E-state index is 0.0654. The molecule has 0 spiro atoms. The Hall–Kier alpha value is -0.320. The van der Waals surface area contributed by atoms with Crippen LogP contribution in [0.25, 0.3) is 0 Å². The summed E-state index contributed by atoms with van der Waals surface area (Å²) >= 11 is 17.0. The van der Waals surface area contributed by atoms with E-state index in [1.165, 1.54) is 0 Å². The number of hydrogen-bond donors (Lipinski definition) is 1. The van der Waals surface area contributed by atoms with Gasteiger partial charge in [0.25, 0.3) is 0 Å². The second-order valence-electron chi connectivity index (χ2n) is 3.53. The van der Waals surface area contributed by atoms with Gasteiger partial charge < -0.3 is 5.73 Å². The van der Waals surface area contributed by atoms with Gasteiger partial charge in [0.1, 0.15) is 5.82 Å². The Balaban J connectivity index is 3.06. The van der Waals surface area contributed by atoms with Gasteiger partial charge in [-0.1, -0.05) is 48.7 Å². The van der Waals surface area contributed by atoms with Crippen LogP contribution in [0.5, 0.6) is 0 Å². The summed E-state index contributed by atoms with van der Waals surface area (Å²) in [6.45, 7) is 4.07.